The number of hydrogen-bond donors (Lipinski definition) is 3. The first-order valence-corrected chi connectivity index (χ1v) is 11.1. The first-order valence-electron chi connectivity index (χ1n) is 11.1. The topological polar surface area (TPSA) is 152 Å². The van der Waals surface area contributed by atoms with Crippen LogP contribution in [0.2, 0.25) is 0 Å². The predicted molar refractivity (Wildman–Crippen MR) is 116 cm³/mol. The highest BCUT2D eigenvalue weighted by Crippen LogP contribution is 2.34. The number of halogens is 3. The smallest absolute Gasteiger partial charge is 0.477 e. The number of aromatic nitrogens is 3. The van der Waals surface area contributed by atoms with Gasteiger partial charge in [-0.15, -0.1) is 0 Å². The quantitative estimate of drug-likeness (QED) is 0.548. The Kier molecular flexibility index (Phi) is 8.10. The van der Waals surface area contributed by atoms with Gasteiger partial charge in [-0.2, -0.15) is 18.3 Å². The highest BCUT2D eigenvalue weighted by Gasteiger charge is 2.38. The number of piperidine rings is 1. The van der Waals surface area contributed by atoms with E-state index in [0.717, 1.165) is 67.7 Å². The number of aromatic carboxylic acids is 1. The van der Waals surface area contributed by atoms with E-state index in [1.165, 1.54) is 0 Å². The zero-order chi connectivity index (χ0) is 25.8. The van der Waals surface area contributed by atoms with Crippen LogP contribution >= 0.6 is 0 Å². The molecule has 1 aliphatic carbocycles. The number of aryl methyl sites for hydroxylation is 2. The summed E-state index contributed by atoms with van der Waals surface area (Å²) >= 11 is 0. The fourth-order valence-electron chi connectivity index (χ4n) is 4.36. The number of amides is 1. The monoisotopic (exact) mass is 497 g/mol. The van der Waals surface area contributed by atoms with E-state index in [-0.39, 0.29) is 11.8 Å². The first kappa shape index (κ1) is 26.1. The minimum atomic E-state index is -5.08. The maximum absolute atomic E-state index is 11.9. The number of nitrogens with zero attached hydrogens (tertiary/aromatic N) is 4. The summed E-state index contributed by atoms with van der Waals surface area (Å²) in [5.41, 5.74) is 9.42. The number of primary amides is 1. The Labute approximate surface area is 198 Å². The second-order valence-corrected chi connectivity index (χ2v) is 8.41. The zero-order valence-corrected chi connectivity index (χ0v) is 18.8. The number of aliphatic carboxylic acids is 1. The van der Waals surface area contributed by atoms with Gasteiger partial charge in [-0.05, 0) is 63.4 Å². The van der Waals surface area contributed by atoms with E-state index in [9.17, 15) is 27.9 Å². The molecule has 10 nitrogen and oxygen atoms in total. The van der Waals surface area contributed by atoms with Gasteiger partial charge in [0, 0.05) is 36.0 Å². The number of alkyl halides is 3. The molecule has 4 N–H and O–H groups in total. The fourth-order valence-corrected chi connectivity index (χ4v) is 4.36. The largest absolute Gasteiger partial charge is 0.490 e. The van der Waals surface area contributed by atoms with Crippen LogP contribution in [0.3, 0.4) is 0 Å². The summed E-state index contributed by atoms with van der Waals surface area (Å²) in [6.07, 6.45) is 2.36. The molecule has 0 radical (unpaired) electrons. The van der Waals surface area contributed by atoms with Crippen molar-refractivity contribution >= 4 is 17.8 Å². The number of rotatable bonds is 6. The van der Waals surface area contributed by atoms with Crippen molar-refractivity contribution in [2.45, 2.75) is 44.8 Å². The Balaban J connectivity index is 0.000000429. The van der Waals surface area contributed by atoms with Gasteiger partial charge in [-0.25, -0.2) is 9.59 Å². The lowest BCUT2D eigenvalue weighted by Crippen LogP contribution is -2.39. The Morgan fingerprint density at radius 1 is 1.11 bits per heavy atom. The molecule has 1 amide bonds. The molecule has 2 aromatic heterocycles. The highest BCUT2D eigenvalue weighted by molar-refractivity contribution is 5.90. The van der Waals surface area contributed by atoms with Crippen molar-refractivity contribution in [2.24, 2.45) is 11.7 Å². The average molecular weight is 497 g/mol. The highest BCUT2D eigenvalue weighted by atomic mass is 19.4. The van der Waals surface area contributed by atoms with Crippen LogP contribution in [0.25, 0.3) is 11.3 Å². The van der Waals surface area contributed by atoms with Gasteiger partial charge in [-0.1, -0.05) is 0 Å². The maximum Gasteiger partial charge on any atom is 0.490 e. The zero-order valence-electron chi connectivity index (χ0n) is 18.8. The van der Waals surface area contributed by atoms with Crippen LogP contribution < -0.4 is 5.73 Å². The van der Waals surface area contributed by atoms with Crippen molar-refractivity contribution in [3.05, 3.63) is 35.3 Å². The van der Waals surface area contributed by atoms with Crippen LogP contribution in [0.5, 0.6) is 0 Å². The third-order valence-corrected chi connectivity index (χ3v) is 6.13. The van der Waals surface area contributed by atoms with Crippen LogP contribution in [0.1, 0.15) is 40.9 Å². The van der Waals surface area contributed by atoms with E-state index in [0.29, 0.717) is 18.7 Å². The third-order valence-electron chi connectivity index (χ3n) is 6.13. The van der Waals surface area contributed by atoms with Gasteiger partial charge < -0.3 is 20.8 Å². The van der Waals surface area contributed by atoms with Crippen LogP contribution in [0.15, 0.2) is 18.5 Å². The fraction of sp³-hybridized carbons (Fsp3) is 0.500. The molecule has 2 aromatic rings. The number of carboxylic acid groups (broad SMARTS) is 2. The van der Waals surface area contributed by atoms with Gasteiger partial charge in [-0.3, -0.25) is 14.5 Å². The summed E-state index contributed by atoms with van der Waals surface area (Å²) in [7, 11) is 0. The summed E-state index contributed by atoms with van der Waals surface area (Å²) in [5, 5.41) is 21.5. The number of hydrogen-bond acceptors (Lipinski definition) is 6. The number of carbonyl (C=O) groups is 3. The molecule has 0 atom stereocenters. The second-order valence-electron chi connectivity index (χ2n) is 8.41. The lowest BCUT2D eigenvalue weighted by atomic mass is 9.90. The molecule has 0 bridgehead atoms. The molecule has 1 fully saturated rings. The molecule has 0 aromatic carbocycles. The van der Waals surface area contributed by atoms with Crippen molar-refractivity contribution in [3.8, 4) is 11.3 Å². The Hall–Kier alpha value is -3.48. The molecular formula is C22H26F3N5O5. The maximum atomic E-state index is 11.9. The molecule has 0 spiro atoms. The molecule has 0 saturated carbocycles. The van der Waals surface area contributed by atoms with E-state index in [4.69, 9.17) is 15.6 Å². The number of carboxylic acids is 2. The van der Waals surface area contributed by atoms with Gasteiger partial charge in [0.15, 0.2) is 0 Å². The number of carbonyl (C=O) groups excluding carboxylic acids is 1. The SMILES string of the molecule is NC(=O)C1CCN(CCCn2nc3c(c2C(=O)O)CCc2cnccc2-3)CC1.O=C(O)C(F)(F)F. The van der Waals surface area contributed by atoms with Crippen molar-refractivity contribution in [3.63, 3.8) is 0 Å². The van der Waals surface area contributed by atoms with E-state index in [2.05, 4.69) is 15.0 Å². The summed E-state index contributed by atoms with van der Waals surface area (Å²) in [5.74, 6) is -3.90. The van der Waals surface area contributed by atoms with Gasteiger partial charge in [0.1, 0.15) is 5.69 Å². The number of likely N-dealkylation sites (tertiary alicyclic amines) is 1. The molecule has 35 heavy (non-hydrogen) atoms. The molecule has 3 heterocycles. The van der Waals surface area contributed by atoms with Crippen molar-refractivity contribution in [2.75, 3.05) is 19.6 Å². The summed E-state index contributed by atoms with van der Waals surface area (Å²) < 4.78 is 33.4. The van der Waals surface area contributed by atoms with Crippen LogP contribution in [0.4, 0.5) is 13.2 Å². The number of pyridine rings is 1. The van der Waals surface area contributed by atoms with Crippen molar-refractivity contribution in [1.29, 1.82) is 0 Å². The summed E-state index contributed by atoms with van der Waals surface area (Å²) in [6.45, 7) is 3.13. The van der Waals surface area contributed by atoms with Gasteiger partial charge >= 0.3 is 18.1 Å². The molecule has 2 aliphatic rings. The average Bonchev–Trinajstić information content (AvgIpc) is 3.18. The van der Waals surface area contributed by atoms with Crippen LogP contribution in [0, 0.1) is 5.92 Å². The van der Waals surface area contributed by atoms with Crippen molar-refractivity contribution < 1.29 is 37.8 Å². The predicted octanol–water partition coefficient (Wildman–Crippen LogP) is 1.96. The standard InChI is InChI=1S/C20H25N5O3.C2HF3O2/c21-19(26)13-5-10-24(11-6-13)8-1-9-25-18(20(27)28)16-3-2-14-12-22-7-4-15(14)17(16)23-25;3-2(4,5)1(6)7/h4,7,12-13H,1-3,5-6,8-11H2,(H2,21,26)(H,27,28);(H,6,7). The molecule has 1 aliphatic heterocycles. The molecule has 4 rings (SSSR count). The molecule has 13 heteroatoms. The normalized spacial score (nSPS) is 16.0. The van der Waals surface area contributed by atoms with E-state index < -0.39 is 18.1 Å². The lowest BCUT2D eigenvalue weighted by molar-refractivity contribution is -0.192. The van der Waals surface area contributed by atoms with Gasteiger partial charge in [0.05, 0.1) is 5.69 Å². The number of fused-ring (bicyclic) bond motifs is 3. The van der Waals surface area contributed by atoms with E-state index in [1.807, 2.05) is 12.3 Å². The summed E-state index contributed by atoms with van der Waals surface area (Å²) in [6, 6.07) is 1.92. The van der Waals surface area contributed by atoms with E-state index >= 15 is 0 Å². The van der Waals surface area contributed by atoms with Gasteiger partial charge in [0.25, 0.3) is 0 Å². The molecule has 190 valence electrons. The Morgan fingerprint density at radius 3 is 2.34 bits per heavy atom. The molecule has 1 saturated heterocycles. The van der Waals surface area contributed by atoms with E-state index in [1.54, 1.807) is 10.9 Å². The molecular weight excluding hydrogens is 471 g/mol. The minimum Gasteiger partial charge on any atom is -0.477 e. The minimum absolute atomic E-state index is 0.0118. The van der Waals surface area contributed by atoms with Crippen molar-refractivity contribution in [1.82, 2.24) is 19.7 Å². The number of nitrogens with two attached hydrogens (primary N) is 1. The van der Waals surface area contributed by atoms with Crippen LogP contribution in [-0.2, 0) is 29.0 Å². The Morgan fingerprint density at radius 2 is 1.77 bits per heavy atom. The lowest BCUT2D eigenvalue weighted by Gasteiger charge is -2.30. The van der Waals surface area contributed by atoms with Crippen LogP contribution in [-0.4, -0.2) is 73.5 Å². The summed E-state index contributed by atoms with van der Waals surface area (Å²) in [4.78, 5) is 38.6. The molecule has 0 unspecified atom stereocenters. The first-order chi connectivity index (χ1) is 16.5. The van der Waals surface area contributed by atoms with Gasteiger partial charge in [0.2, 0.25) is 5.91 Å². The third kappa shape index (κ3) is 6.35. The Bertz CT molecular complexity index is 1090. The second kappa shape index (κ2) is 10.8.